The van der Waals surface area contributed by atoms with Crippen molar-refractivity contribution < 1.29 is 9.90 Å². The van der Waals surface area contributed by atoms with Gasteiger partial charge in [0.05, 0.1) is 4.83 Å². The fourth-order valence-corrected chi connectivity index (χ4v) is 1.50. The zero-order valence-electron chi connectivity index (χ0n) is 7.11. The molecule has 0 saturated heterocycles. The highest BCUT2D eigenvalue weighted by Crippen LogP contribution is 2.12. The van der Waals surface area contributed by atoms with Crippen LogP contribution in [0.1, 0.15) is 16.8 Å². The standard InChI is InChI=1S/C10H11BrO2/c11-9(6-7-12)10(13)8-4-2-1-3-5-8/h1-5,9,12H,6-7H2/t9-/m1/s1. The minimum absolute atomic E-state index is 0.0223. The second kappa shape index (κ2) is 5.14. The second-order valence-electron chi connectivity index (χ2n) is 2.71. The van der Waals surface area contributed by atoms with Gasteiger partial charge in [-0.25, -0.2) is 0 Å². The van der Waals surface area contributed by atoms with Gasteiger partial charge in [0.25, 0.3) is 0 Å². The predicted molar refractivity (Wildman–Crippen MR) is 55.2 cm³/mol. The molecule has 0 bridgehead atoms. The molecule has 0 spiro atoms. The molecule has 0 unspecified atom stereocenters. The van der Waals surface area contributed by atoms with Crippen molar-refractivity contribution in [1.82, 2.24) is 0 Å². The molecule has 0 amide bonds. The van der Waals surface area contributed by atoms with E-state index in [4.69, 9.17) is 5.11 Å². The lowest BCUT2D eigenvalue weighted by Crippen LogP contribution is -2.15. The molecule has 0 saturated carbocycles. The number of rotatable bonds is 4. The Balaban J connectivity index is 2.68. The molecule has 0 aliphatic heterocycles. The monoisotopic (exact) mass is 242 g/mol. The maximum Gasteiger partial charge on any atom is 0.176 e. The molecule has 1 aromatic rings. The fraction of sp³-hybridized carbons (Fsp3) is 0.300. The Bertz CT molecular complexity index is 272. The number of aliphatic hydroxyl groups is 1. The first kappa shape index (κ1) is 10.4. The van der Waals surface area contributed by atoms with Crippen LogP contribution in [0, 0.1) is 0 Å². The van der Waals surface area contributed by atoms with Crippen LogP contribution in [0.4, 0.5) is 0 Å². The molecule has 0 radical (unpaired) electrons. The molecule has 0 aliphatic carbocycles. The Hall–Kier alpha value is -0.670. The van der Waals surface area contributed by atoms with Crippen molar-refractivity contribution in [3.05, 3.63) is 35.9 Å². The predicted octanol–water partition coefficient (Wildman–Crippen LogP) is 2.02. The first-order valence-electron chi connectivity index (χ1n) is 4.10. The number of carbonyl (C=O) groups is 1. The van der Waals surface area contributed by atoms with E-state index in [2.05, 4.69) is 15.9 Å². The summed E-state index contributed by atoms with van der Waals surface area (Å²) in [5, 5.41) is 8.65. The van der Waals surface area contributed by atoms with Crippen molar-refractivity contribution in [1.29, 1.82) is 0 Å². The molecule has 1 rings (SSSR count). The lowest BCUT2D eigenvalue weighted by Gasteiger charge is -2.05. The van der Waals surface area contributed by atoms with Crippen LogP contribution in [0.15, 0.2) is 30.3 Å². The topological polar surface area (TPSA) is 37.3 Å². The zero-order valence-corrected chi connectivity index (χ0v) is 8.70. The van der Waals surface area contributed by atoms with Gasteiger partial charge in [-0.3, -0.25) is 4.79 Å². The molecule has 2 nitrogen and oxygen atoms in total. The molecular formula is C10H11BrO2. The van der Waals surface area contributed by atoms with Crippen molar-refractivity contribution >= 4 is 21.7 Å². The summed E-state index contributed by atoms with van der Waals surface area (Å²) >= 11 is 3.23. The number of Topliss-reactive ketones (excluding diaryl/α,β-unsaturated/α-hetero) is 1. The highest BCUT2D eigenvalue weighted by Gasteiger charge is 2.15. The Morgan fingerprint density at radius 2 is 2.00 bits per heavy atom. The van der Waals surface area contributed by atoms with Crippen LogP contribution in [0.5, 0.6) is 0 Å². The molecule has 1 aromatic carbocycles. The van der Waals surface area contributed by atoms with Gasteiger partial charge in [-0.2, -0.15) is 0 Å². The van der Waals surface area contributed by atoms with Crippen LogP contribution in [0.2, 0.25) is 0 Å². The number of ketones is 1. The van der Waals surface area contributed by atoms with Crippen LogP contribution < -0.4 is 0 Å². The maximum atomic E-state index is 11.6. The number of aliphatic hydroxyl groups excluding tert-OH is 1. The highest BCUT2D eigenvalue weighted by molar-refractivity contribution is 9.10. The molecular weight excluding hydrogens is 232 g/mol. The van der Waals surface area contributed by atoms with Gasteiger partial charge in [-0.05, 0) is 6.42 Å². The third-order valence-electron chi connectivity index (χ3n) is 1.73. The van der Waals surface area contributed by atoms with Gasteiger partial charge in [-0.1, -0.05) is 46.3 Å². The molecule has 70 valence electrons. The van der Waals surface area contributed by atoms with Crippen LogP contribution in [0.3, 0.4) is 0 Å². The van der Waals surface area contributed by atoms with Crippen LogP contribution in [0.25, 0.3) is 0 Å². The molecule has 13 heavy (non-hydrogen) atoms. The third kappa shape index (κ3) is 2.94. The summed E-state index contributed by atoms with van der Waals surface area (Å²) in [4.78, 5) is 11.3. The normalized spacial score (nSPS) is 12.5. The Labute approximate surface area is 85.7 Å². The first-order valence-corrected chi connectivity index (χ1v) is 5.01. The highest BCUT2D eigenvalue weighted by atomic mass is 79.9. The molecule has 1 atom stereocenters. The van der Waals surface area contributed by atoms with Crippen LogP contribution in [-0.2, 0) is 0 Å². The number of halogens is 1. The summed E-state index contributed by atoms with van der Waals surface area (Å²) in [6.07, 6.45) is 0.452. The van der Waals surface area contributed by atoms with Crippen LogP contribution >= 0.6 is 15.9 Å². The quantitative estimate of drug-likeness (QED) is 0.648. The van der Waals surface area contributed by atoms with Gasteiger partial charge in [0.2, 0.25) is 0 Å². The minimum Gasteiger partial charge on any atom is -0.396 e. The summed E-state index contributed by atoms with van der Waals surface area (Å²) in [5.74, 6) is 0.0228. The number of hydrogen-bond donors (Lipinski definition) is 1. The van der Waals surface area contributed by atoms with Crippen molar-refractivity contribution in [2.75, 3.05) is 6.61 Å². The number of alkyl halides is 1. The Morgan fingerprint density at radius 1 is 1.38 bits per heavy atom. The Morgan fingerprint density at radius 3 is 2.54 bits per heavy atom. The van der Waals surface area contributed by atoms with E-state index in [0.29, 0.717) is 12.0 Å². The van der Waals surface area contributed by atoms with Crippen LogP contribution in [-0.4, -0.2) is 22.3 Å². The van der Waals surface area contributed by atoms with Crippen molar-refractivity contribution in [2.45, 2.75) is 11.2 Å². The van der Waals surface area contributed by atoms with E-state index < -0.39 is 0 Å². The van der Waals surface area contributed by atoms with E-state index in [-0.39, 0.29) is 17.2 Å². The smallest absolute Gasteiger partial charge is 0.176 e. The summed E-state index contributed by atoms with van der Waals surface area (Å²) in [7, 11) is 0. The van der Waals surface area contributed by atoms with Gasteiger partial charge < -0.3 is 5.11 Å². The fourth-order valence-electron chi connectivity index (χ4n) is 1.03. The van der Waals surface area contributed by atoms with Crippen molar-refractivity contribution in [3.63, 3.8) is 0 Å². The van der Waals surface area contributed by atoms with Gasteiger partial charge in [-0.15, -0.1) is 0 Å². The van der Waals surface area contributed by atoms with E-state index in [9.17, 15) is 4.79 Å². The molecule has 0 aromatic heterocycles. The molecule has 0 heterocycles. The third-order valence-corrected chi connectivity index (χ3v) is 2.60. The van der Waals surface area contributed by atoms with Crippen molar-refractivity contribution in [2.24, 2.45) is 0 Å². The average molecular weight is 243 g/mol. The summed E-state index contributed by atoms with van der Waals surface area (Å²) in [6.45, 7) is 0.0223. The van der Waals surface area contributed by atoms with E-state index in [0.717, 1.165) is 0 Å². The maximum absolute atomic E-state index is 11.6. The van der Waals surface area contributed by atoms with Crippen molar-refractivity contribution in [3.8, 4) is 0 Å². The van der Waals surface area contributed by atoms with E-state index >= 15 is 0 Å². The molecule has 0 aliphatic rings. The molecule has 0 fully saturated rings. The van der Waals surface area contributed by atoms with Gasteiger partial charge in [0.15, 0.2) is 5.78 Å². The van der Waals surface area contributed by atoms with Gasteiger partial charge in [0, 0.05) is 12.2 Å². The molecule has 3 heteroatoms. The SMILES string of the molecule is O=C(c1ccccc1)[C@H](Br)CCO. The van der Waals surface area contributed by atoms with E-state index in [1.54, 1.807) is 12.1 Å². The van der Waals surface area contributed by atoms with Gasteiger partial charge in [0.1, 0.15) is 0 Å². The average Bonchev–Trinajstić information content (AvgIpc) is 2.18. The summed E-state index contributed by atoms with van der Waals surface area (Å²) in [6, 6.07) is 9.06. The lowest BCUT2D eigenvalue weighted by atomic mass is 10.1. The zero-order chi connectivity index (χ0) is 9.68. The summed E-state index contributed by atoms with van der Waals surface area (Å²) < 4.78 is 0. The Kier molecular flexibility index (Phi) is 4.12. The van der Waals surface area contributed by atoms with Gasteiger partial charge >= 0.3 is 0 Å². The largest absolute Gasteiger partial charge is 0.396 e. The molecule has 1 N–H and O–H groups in total. The first-order chi connectivity index (χ1) is 6.25. The number of carbonyl (C=O) groups excluding carboxylic acids is 1. The number of hydrogen-bond acceptors (Lipinski definition) is 2. The second-order valence-corrected chi connectivity index (χ2v) is 3.82. The minimum atomic E-state index is -0.278. The number of benzene rings is 1. The van der Waals surface area contributed by atoms with E-state index in [1.807, 2.05) is 18.2 Å². The lowest BCUT2D eigenvalue weighted by molar-refractivity contribution is 0.0981. The van der Waals surface area contributed by atoms with E-state index in [1.165, 1.54) is 0 Å². The summed E-state index contributed by atoms with van der Waals surface area (Å²) in [5.41, 5.74) is 0.679.